The summed E-state index contributed by atoms with van der Waals surface area (Å²) in [6, 6.07) is 0. The van der Waals surface area contributed by atoms with Crippen LogP contribution in [0.2, 0.25) is 0 Å². The molecule has 0 radical (unpaired) electrons. The van der Waals surface area contributed by atoms with E-state index in [1.807, 2.05) is 0 Å². The molecule has 0 saturated carbocycles. The molecule has 4 rings (SSSR count). The average Bonchev–Trinajstić information content (AvgIpc) is 1.82. The van der Waals surface area contributed by atoms with Crippen LogP contribution in [0.15, 0.2) is 0 Å². The molecule has 0 aromatic heterocycles. The predicted molar refractivity (Wildman–Crippen MR) is 43.7 cm³/mol. The van der Waals surface area contributed by atoms with Crippen molar-refractivity contribution in [1.29, 1.82) is 0 Å². The molecule has 0 aromatic carbocycles. The van der Waals surface area contributed by atoms with Gasteiger partial charge in [0.15, 0.2) is 0 Å². The Bertz CT molecular complexity index is 106. The molecular weight excluding hydrogens is 151 g/mol. The third-order valence-corrected chi connectivity index (χ3v) is 2.40. The number of nitrogens with zero attached hydrogens (tertiary/aromatic N) is 4. The minimum atomic E-state index is 0. The van der Waals surface area contributed by atoms with Crippen LogP contribution in [0.3, 0.4) is 0 Å². The molecule has 4 nitrogen and oxygen atoms in total. The van der Waals surface area contributed by atoms with Crippen molar-refractivity contribution in [2.45, 2.75) is 0 Å². The van der Waals surface area contributed by atoms with E-state index < -0.39 is 0 Å². The molecule has 0 aliphatic carbocycles. The van der Waals surface area contributed by atoms with Gasteiger partial charge in [0.05, 0.1) is 40.0 Å². The zero-order valence-electron chi connectivity index (χ0n) is 6.03. The first kappa shape index (κ1) is 8.44. The van der Waals surface area contributed by atoms with Gasteiger partial charge in [0.1, 0.15) is 0 Å². The number of hydrogen-bond acceptors (Lipinski definition) is 4. The molecule has 58 valence electrons. The van der Waals surface area contributed by atoms with Crippen LogP contribution in [0.4, 0.5) is 0 Å². The van der Waals surface area contributed by atoms with E-state index in [9.17, 15) is 0 Å². The van der Waals surface area contributed by atoms with Gasteiger partial charge in [0, 0.05) is 0 Å². The molecule has 0 spiro atoms. The Labute approximate surface area is 89.0 Å². The Hall–Kier alpha value is 0.840. The van der Waals surface area contributed by atoms with E-state index in [4.69, 9.17) is 0 Å². The second kappa shape index (κ2) is 2.96. The van der Waals surface area contributed by atoms with Crippen molar-refractivity contribution in [3.8, 4) is 0 Å². The molecule has 4 aliphatic rings. The Kier molecular flexibility index (Phi) is 2.27. The Morgan fingerprint density at radius 2 is 0.636 bits per heavy atom. The minimum absolute atomic E-state index is 0. The average molecular weight is 164 g/mol. The summed E-state index contributed by atoms with van der Waals surface area (Å²) >= 11 is 0. The number of rotatable bonds is 0. The second-order valence-corrected chi connectivity index (χ2v) is 3.53. The first-order valence-electron chi connectivity index (χ1n) is 3.79. The quantitative estimate of drug-likeness (QED) is 0.397. The van der Waals surface area contributed by atoms with Gasteiger partial charge >= 0.3 is 29.6 Å². The normalized spacial score (nSPS) is 52.4. The summed E-state index contributed by atoms with van der Waals surface area (Å²) in [6.45, 7) is 7.12. The van der Waals surface area contributed by atoms with E-state index in [1.165, 1.54) is 40.0 Å². The van der Waals surface area contributed by atoms with Crippen LogP contribution in [0.1, 0.15) is 0 Å². The Morgan fingerprint density at radius 3 is 0.818 bits per heavy atom. The maximum atomic E-state index is 2.47. The molecule has 0 N–H and O–H groups in total. The molecule has 0 unspecified atom stereocenters. The molecule has 0 atom stereocenters. The fraction of sp³-hybridized carbons (Fsp3) is 1.00. The van der Waals surface area contributed by atoms with Crippen LogP contribution in [0.25, 0.3) is 0 Å². The van der Waals surface area contributed by atoms with Crippen LogP contribution < -0.4 is 0 Å². The molecule has 5 heteroatoms. The van der Waals surface area contributed by atoms with E-state index in [0.29, 0.717) is 0 Å². The molecule has 4 bridgehead atoms. The first-order valence-corrected chi connectivity index (χ1v) is 3.79. The van der Waals surface area contributed by atoms with Crippen LogP contribution in [-0.2, 0) is 0 Å². The molecule has 4 fully saturated rings. The van der Waals surface area contributed by atoms with E-state index in [2.05, 4.69) is 19.6 Å². The van der Waals surface area contributed by atoms with Crippen molar-refractivity contribution in [2.24, 2.45) is 0 Å². The first-order chi connectivity index (χ1) is 4.90. The van der Waals surface area contributed by atoms with Crippen LogP contribution in [0, 0.1) is 0 Å². The van der Waals surface area contributed by atoms with Gasteiger partial charge in [0.2, 0.25) is 0 Å². The van der Waals surface area contributed by atoms with Crippen LogP contribution in [0.5, 0.6) is 0 Å². The van der Waals surface area contributed by atoms with Crippen molar-refractivity contribution in [2.75, 3.05) is 40.0 Å². The Morgan fingerprint density at radius 1 is 0.455 bits per heavy atom. The molecule has 4 saturated heterocycles. The summed E-state index contributed by atoms with van der Waals surface area (Å²) in [7, 11) is 0. The molecule has 0 amide bonds. The molecule has 0 aromatic rings. The topological polar surface area (TPSA) is 13.0 Å². The zero-order chi connectivity index (χ0) is 6.55. The van der Waals surface area contributed by atoms with E-state index >= 15 is 0 Å². The molecular formula is C6H13N4Na. The summed E-state index contributed by atoms with van der Waals surface area (Å²) in [5, 5.41) is 0. The van der Waals surface area contributed by atoms with Gasteiger partial charge in [-0.05, 0) is 0 Å². The van der Waals surface area contributed by atoms with Crippen molar-refractivity contribution < 1.29 is 0 Å². The monoisotopic (exact) mass is 164 g/mol. The maximum absolute atomic E-state index is 2.47. The standard InChI is InChI=1S/C6H12N4.Na.H/c1-7-2-9-4-8(1)5-10(3-7)6-9;;/h1-6H2;;. The van der Waals surface area contributed by atoms with Gasteiger partial charge in [0.25, 0.3) is 0 Å². The van der Waals surface area contributed by atoms with E-state index in [-0.39, 0.29) is 29.6 Å². The van der Waals surface area contributed by atoms with E-state index in [0.717, 1.165) is 0 Å². The summed E-state index contributed by atoms with van der Waals surface area (Å²) in [6.07, 6.45) is 0. The fourth-order valence-corrected chi connectivity index (χ4v) is 2.23. The van der Waals surface area contributed by atoms with Crippen molar-refractivity contribution >= 4 is 29.6 Å². The Balaban J connectivity index is 0.000000480. The van der Waals surface area contributed by atoms with Crippen LogP contribution in [-0.4, -0.2) is 89.2 Å². The molecule has 11 heavy (non-hydrogen) atoms. The summed E-state index contributed by atoms with van der Waals surface area (Å²) in [5.74, 6) is 0. The predicted octanol–water partition coefficient (Wildman–Crippen LogP) is -1.67. The van der Waals surface area contributed by atoms with Gasteiger partial charge in [-0.25, -0.2) is 0 Å². The van der Waals surface area contributed by atoms with Crippen molar-refractivity contribution in [3.63, 3.8) is 0 Å². The number of hydrogen-bond donors (Lipinski definition) is 0. The molecule has 4 heterocycles. The van der Waals surface area contributed by atoms with E-state index in [1.54, 1.807) is 0 Å². The van der Waals surface area contributed by atoms with Crippen LogP contribution >= 0.6 is 0 Å². The second-order valence-electron chi connectivity index (χ2n) is 3.53. The third kappa shape index (κ3) is 1.37. The summed E-state index contributed by atoms with van der Waals surface area (Å²) in [5.41, 5.74) is 0. The molecule has 4 aliphatic heterocycles. The summed E-state index contributed by atoms with van der Waals surface area (Å²) in [4.78, 5) is 9.88. The zero-order valence-corrected chi connectivity index (χ0v) is 6.03. The van der Waals surface area contributed by atoms with Crippen molar-refractivity contribution in [3.05, 3.63) is 0 Å². The van der Waals surface area contributed by atoms with Gasteiger partial charge in [-0.15, -0.1) is 0 Å². The third-order valence-electron chi connectivity index (χ3n) is 2.40. The SMILES string of the molecule is C1N2CN3CN1CN(C2)C3.[NaH]. The summed E-state index contributed by atoms with van der Waals surface area (Å²) < 4.78 is 0. The van der Waals surface area contributed by atoms with Gasteiger partial charge in [-0.3, -0.25) is 19.6 Å². The van der Waals surface area contributed by atoms with Gasteiger partial charge in [-0.1, -0.05) is 0 Å². The fourth-order valence-electron chi connectivity index (χ4n) is 2.23. The van der Waals surface area contributed by atoms with Crippen molar-refractivity contribution in [1.82, 2.24) is 19.6 Å². The van der Waals surface area contributed by atoms with Gasteiger partial charge < -0.3 is 0 Å². The van der Waals surface area contributed by atoms with Gasteiger partial charge in [-0.2, -0.15) is 0 Å².